The molecule has 1 heterocycles. The third-order valence-corrected chi connectivity index (χ3v) is 2.73. The van der Waals surface area contributed by atoms with Crippen molar-refractivity contribution in [2.75, 3.05) is 13.2 Å². The first kappa shape index (κ1) is 13.2. The topological polar surface area (TPSA) is 84.9 Å². The minimum Gasteiger partial charge on any atom is -0.484 e. The molecule has 6 nitrogen and oxygen atoms in total. The maximum atomic E-state index is 11.2. The van der Waals surface area contributed by atoms with Crippen LogP contribution in [-0.2, 0) is 16.0 Å². The number of fused-ring (bicyclic) bond motifs is 1. The molecule has 1 aromatic rings. The molecule has 6 heteroatoms. The molecule has 1 aliphatic heterocycles. The third kappa shape index (κ3) is 3.15. The van der Waals surface area contributed by atoms with Gasteiger partial charge in [-0.25, -0.2) is 4.79 Å². The van der Waals surface area contributed by atoms with Crippen molar-refractivity contribution < 1.29 is 24.2 Å². The molecule has 2 N–H and O–H groups in total. The van der Waals surface area contributed by atoms with Gasteiger partial charge in [0.15, 0.2) is 12.7 Å². The van der Waals surface area contributed by atoms with Gasteiger partial charge in [-0.05, 0) is 18.6 Å². The molecule has 2 rings (SSSR count). The molecule has 1 aliphatic rings. The van der Waals surface area contributed by atoms with E-state index in [0.717, 1.165) is 5.56 Å². The minimum absolute atomic E-state index is 0.0744. The predicted molar refractivity (Wildman–Crippen MR) is 66.4 cm³/mol. The Labute approximate surface area is 110 Å². The van der Waals surface area contributed by atoms with E-state index in [1.54, 1.807) is 18.2 Å². The van der Waals surface area contributed by atoms with Gasteiger partial charge in [-0.1, -0.05) is 6.07 Å². The van der Waals surface area contributed by atoms with Crippen LogP contribution in [0.1, 0.15) is 12.5 Å². The SMILES string of the molecule is CCNC(=O)COc1ccc2c(c1)OC(C(=O)O)C2. The van der Waals surface area contributed by atoms with E-state index in [0.29, 0.717) is 24.5 Å². The highest BCUT2D eigenvalue weighted by Gasteiger charge is 2.28. The molecule has 1 aromatic carbocycles. The van der Waals surface area contributed by atoms with Gasteiger partial charge in [-0.15, -0.1) is 0 Å². The Morgan fingerprint density at radius 2 is 2.32 bits per heavy atom. The predicted octanol–water partition coefficient (Wildman–Crippen LogP) is 0.590. The van der Waals surface area contributed by atoms with Crippen LogP contribution in [0.5, 0.6) is 11.5 Å². The number of carboxylic acids is 1. The minimum atomic E-state index is -0.985. The number of carboxylic acid groups (broad SMARTS) is 1. The first-order valence-corrected chi connectivity index (χ1v) is 6.02. The van der Waals surface area contributed by atoms with Gasteiger partial charge in [0.2, 0.25) is 0 Å². The number of aliphatic carboxylic acids is 1. The molecule has 1 amide bonds. The normalized spacial score (nSPS) is 16.4. The van der Waals surface area contributed by atoms with Crippen LogP contribution in [0.25, 0.3) is 0 Å². The highest BCUT2D eigenvalue weighted by molar-refractivity contribution is 5.77. The molecule has 0 aromatic heterocycles. The summed E-state index contributed by atoms with van der Waals surface area (Å²) in [6.07, 6.45) is -0.491. The van der Waals surface area contributed by atoms with E-state index < -0.39 is 12.1 Å². The molecule has 0 saturated heterocycles. The monoisotopic (exact) mass is 265 g/mol. The van der Waals surface area contributed by atoms with Gasteiger partial charge in [-0.2, -0.15) is 0 Å². The van der Waals surface area contributed by atoms with E-state index in [9.17, 15) is 9.59 Å². The van der Waals surface area contributed by atoms with E-state index in [2.05, 4.69) is 5.32 Å². The second-order valence-electron chi connectivity index (χ2n) is 4.16. The number of hydrogen-bond acceptors (Lipinski definition) is 4. The largest absolute Gasteiger partial charge is 0.484 e. The molecule has 0 bridgehead atoms. The Morgan fingerprint density at radius 3 is 3.00 bits per heavy atom. The lowest BCUT2D eigenvalue weighted by Gasteiger charge is -2.08. The molecule has 0 fully saturated rings. The van der Waals surface area contributed by atoms with Crippen LogP contribution < -0.4 is 14.8 Å². The summed E-state index contributed by atoms with van der Waals surface area (Å²) in [7, 11) is 0. The third-order valence-electron chi connectivity index (χ3n) is 2.73. The van der Waals surface area contributed by atoms with Crippen molar-refractivity contribution in [1.82, 2.24) is 5.32 Å². The van der Waals surface area contributed by atoms with Crippen LogP contribution in [0.4, 0.5) is 0 Å². The van der Waals surface area contributed by atoms with Gasteiger partial charge < -0.3 is 19.9 Å². The fourth-order valence-corrected chi connectivity index (χ4v) is 1.83. The Hall–Kier alpha value is -2.24. The zero-order valence-electron chi connectivity index (χ0n) is 10.5. The Morgan fingerprint density at radius 1 is 1.53 bits per heavy atom. The zero-order valence-corrected chi connectivity index (χ0v) is 10.5. The average molecular weight is 265 g/mol. The lowest BCUT2D eigenvalue weighted by Crippen LogP contribution is -2.28. The molecule has 0 spiro atoms. The van der Waals surface area contributed by atoms with Crippen molar-refractivity contribution in [1.29, 1.82) is 0 Å². The average Bonchev–Trinajstić information content (AvgIpc) is 2.80. The summed E-state index contributed by atoms with van der Waals surface area (Å²) in [6.45, 7) is 2.30. The first-order valence-electron chi connectivity index (χ1n) is 6.02. The maximum absolute atomic E-state index is 11.2. The molecular weight excluding hydrogens is 250 g/mol. The van der Waals surface area contributed by atoms with Crippen molar-refractivity contribution in [2.45, 2.75) is 19.4 Å². The summed E-state index contributed by atoms with van der Waals surface area (Å²) < 4.78 is 10.6. The van der Waals surface area contributed by atoms with Crippen LogP contribution in [0.3, 0.4) is 0 Å². The second kappa shape index (κ2) is 5.60. The Bertz CT molecular complexity index is 500. The molecule has 0 radical (unpaired) electrons. The van der Waals surface area contributed by atoms with Gasteiger partial charge in [0, 0.05) is 19.0 Å². The maximum Gasteiger partial charge on any atom is 0.345 e. The van der Waals surface area contributed by atoms with Gasteiger partial charge >= 0.3 is 5.97 Å². The van der Waals surface area contributed by atoms with Gasteiger partial charge in [0.05, 0.1) is 0 Å². The van der Waals surface area contributed by atoms with Crippen LogP contribution >= 0.6 is 0 Å². The summed E-state index contributed by atoms with van der Waals surface area (Å²) in [5.74, 6) is -0.204. The van der Waals surface area contributed by atoms with Crippen LogP contribution in [-0.4, -0.2) is 36.2 Å². The van der Waals surface area contributed by atoms with Crippen molar-refractivity contribution in [3.63, 3.8) is 0 Å². The molecule has 102 valence electrons. The molecule has 0 aliphatic carbocycles. The fraction of sp³-hybridized carbons (Fsp3) is 0.385. The number of hydrogen-bond donors (Lipinski definition) is 2. The number of amides is 1. The summed E-state index contributed by atoms with van der Waals surface area (Å²) in [4.78, 5) is 22.1. The zero-order chi connectivity index (χ0) is 13.8. The van der Waals surface area contributed by atoms with E-state index in [4.69, 9.17) is 14.6 Å². The number of rotatable bonds is 5. The highest BCUT2D eigenvalue weighted by atomic mass is 16.5. The van der Waals surface area contributed by atoms with Crippen LogP contribution in [0.2, 0.25) is 0 Å². The van der Waals surface area contributed by atoms with Crippen molar-refractivity contribution in [2.24, 2.45) is 0 Å². The molecule has 0 saturated carbocycles. The van der Waals surface area contributed by atoms with Gasteiger partial charge in [0.25, 0.3) is 5.91 Å². The van der Waals surface area contributed by atoms with Crippen molar-refractivity contribution in [3.05, 3.63) is 23.8 Å². The van der Waals surface area contributed by atoms with Gasteiger partial charge in [0.1, 0.15) is 11.5 Å². The van der Waals surface area contributed by atoms with E-state index in [1.807, 2.05) is 6.92 Å². The highest BCUT2D eigenvalue weighted by Crippen LogP contribution is 2.32. The van der Waals surface area contributed by atoms with Crippen LogP contribution in [0, 0.1) is 0 Å². The number of benzene rings is 1. The van der Waals surface area contributed by atoms with Gasteiger partial charge in [-0.3, -0.25) is 4.79 Å². The summed E-state index contributed by atoms with van der Waals surface area (Å²) in [6, 6.07) is 5.06. The lowest BCUT2D eigenvalue weighted by atomic mass is 10.1. The van der Waals surface area contributed by atoms with E-state index in [1.165, 1.54) is 0 Å². The second-order valence-corrected chi connectivity index (χ2v) is 4.16. The lowest BCUT2D eigenvalue weighted by molar-refractivity contribution is -0.144. The molecule has 1 unspecified atom stereocenters. The summed E-state index contributed by atoms with van der Waals surface area (Å²) >= 11 is 0. The first-order chi connectivity index (χ1) is 9.10. The Balaban J connectivity index is 1.98. The number of nitrogens with one attached hydrogen (secondary N) is 1. The van der Waals surface area contributed by atoms with Crippen molar-refractivity contribution >= 4 is 11.9 Å². The van der Waals surface area contributed by atoms with E-state index in [-0.39, 0.29) is 12.5 Å². The molecular formula is C13H15NO5. The Kier molecular flexibility index (Phi) is 3.89. The standard InChI is InChI=1S/C13H15NO5/c1-2-14-12(15)7-18-9-4-3-8-5-11(13(16)17)19-10(8)6-9/h3-4,6,11H,2,5,7H2,1H3,(H,14,15)(H,16,17). The number of carbonyl (C=O) groups excluding carboxylic acids is 1. The molecule has 1 atom stereocenters. The van der Waals surface area contributed by atoms with E-state index >= 15 is 0 Å². The summed E-state index contributed by atoms with van der Waals surface area (Å²) in [5, 5.41) is 11.5. The quantitative estimate of drug-likeness (QED) is 0.814. The smallest absolute Gasteiger partial charge is 0.345 e. The number of likely N-dealkylation sites (N-methyl/N-ethyl adjacent to an activating group) is 1. The fourth-order valence-electron chi connectivity index (χ4n) is 1.83. The summed E-state index contributed by atoms with van der Waals surface area (Å²) in [5.41, 5.74) is 0.831. The number of carbonyl (C=O) groups is 2. The molecule has 19 heavy (non-hydrogen) atoms. The number of ether oxygens (including phenoxy) is 2. The van der Waals surface area contributed by atoms with Crippen LogP contribution in [0.15, 0.2) is 18.2 Å². The van der Waals surface area contributed by atoms with Crippen molar-refractivity contribution in [3.8, 4) is 11.5 Å².